The minimum absolute atomic E-state index is 0.102. The molecule has 2 aromatic heterocycles. The third kappa shape index (κ3) is 4.37. The van der Waals surface area contributed by atoms with Gasteiger partial charge in [-0.3, -0.25) is 9.20 Å². The molecule has 2 aromatic carbocycles. The fourth-order valence-electron chi connectivity index (χ4n) is 3.47. The number of nitrogens with zero attached hydrogens (tertiary/aromatic N) is 2. The molecule has 0 bridgehead atoms. The molecule has 0 fully saturated rings. The van der Waals surface area contributed by atoms with E-state index in [9.17, 15) is 4.79 Å². The molecule has 4 aromatic rings. The van der Waals surface area contributed by atoms with Crippen LogP contribution in [0.15, 0.2) is 83.8 Å². The Hall–Kier alpha value is -3.15. The second kappa shape index (κ2) is 9.11. The number of hydrogen-bond donors (Lipinski definition) is 1. The number of fused-ring (bicyclic) bond motifs is 1. The van der Waals surface area contributed by atoms with Crippen LogP contribution in [0.3, 0.4) is 0 Å². The number of benzene rings is 2. The lowest BCUT2D eigenvalue weighted by Crippen LogP contribution is -2.25. The highest BCUT2D eigenvalue weighted by Gasteiger charge is 2.18. The van der Waals surface area contributed by atoms with E-state index in [1.54, 1.807) is 12.3 Å². The van der Waals surface area contributed by atoms with E-state index in [0.717, 1.165) is 16.9 Å². The first-order chi connectivity index (χ1) is 14.7. The van der Waals surface area contributed by atoms with E-state index in [2.05, 4.69) is 10.3 Å². The quantitative estimate of drug-likeness (QED) is 0.474. The van der Waals surface area contributed by atoms with Crippen molar-refractivity contribution in [1.82, 2.24) is 14.7 Å². The molecule has 0 spiro atoms. The van der Waals surface area contributed by atoms with Gasteiger partial charge >= 0.3 is 0 Å². The fourth-order valence-corrected chi connectivity index (χ4v) is 3.59. The number of ether oxygens (including phenoxy) is 1. The number of rotatable bonds is 7. The summed E-state index contributed by atoms with van der Waals surface area (Å²) in [6, 6.07) is 22.6. The van der Waals surface area contributed by atoms with Gasteiger partial charge < -0.3 is 10.1 Å². The average Bonchev–Trinajstić information content (AvgIpc) is 2.76. The number of para-hydroxylation sites is 1. The third-order valence-corrected chi connectivity index (χ3v) is 5.10. The summed E-state index contributed by atoms with van der Waals surface area (Å²) in [5, 5.41) is 4.23. The van der Waals surface area contributed by atoms with E-state index >= 15 is 0 Å². The third-order valence-electron chi connectivity index (χ3n) is 4.84. The zero-order chi connectivity index (χ0) is 20.9. The number of nitrogens with one attached hydrogen (secondary N) is 1. The van der Waals surface area contributed by atoms with Crippen LogP contribution in [-0.4, -0.2) is 16.0 Å². The van der Waals surface area contributed by atoms with Gasteiger partial charge in [0.15, 0.2) is 0 Å². The molecule has 0 radical (unpaired) electrons. The van der Waals surface area contributed by atoms with Gasteiger partial charge in [-0.1, -0.05) is 48.0 Å². The van der Waals surface area contributed by atoms with Crippen LogP contribution in [0.1, 0.15) is 29.8 Å². The van der Waals surface area contributed by atoms with Crippen molar-refractivity contribution in [2.24, 2.45) is 0 Å². The Labute approximate surface area is 179 Å². The van der Waals surface area contributed by atoms with Crippen molar-refractivity contribution < 1.29 is 4.74 Å². The van der Waals surface area contributed by atoms with Gasteiger partial charge in [0.25, 0.3) is 5.56 Å². The lowest BCUT2D eigenvalue weighted by molar-refractivity contribution is 0.333. The summed E-state index contributed by atoms with van der Waals surface area (Å²) in [4.78, 5) is 17.0. The summed E-state index contributed by atoms with van der Waals surface area (Å²) in [6.07, 6.45) is 1.72. The standard InChI is InChI=1S/C24H22ClN3O2/c1-2-30-21-8-4-3-7-20(21)24(17-10-12-18(25)13-11-17)26-16-19-15-23(29)28-14-6-5-9-22(28)27-19/h3-15,24,26H,2,16H2,1H3. The SMILES string of the molecule is CCOc1ccccc1C(NCc1cc(=O)n2ccccc2n1)c1ccc(Cl)cc1. The smallest absolute Gasteiger partial charge is 0.258 e. The van der Waals surface area contributed by atoms with Crippen molar-refractivity contribution in [3.8, 4) is 5.75 Å². The Bertz CT molecular complexity index is 1200. The number of hydrogen-bond acceptors (Lipinski definition) is 4. The molecule has 6 heteroatoms. The predicted octanol–water partition coefficient (Wildman–Crippen LogP) is 4.63. The van der Waals surface area contributed by atoms with Crippen LogP contribution in [0.25, 0.3) is 5.65 Å². The molecular weight excluding hydrogens is 398 g/mol. The van der Waals surface area contributed by atoms with Crippen LogP contribution in [0.4, 0.5) is 0 Å². The Morgan fingerprint density at radius 1 is 1.07 bits per heavy atom. The average molecular weight is 420 g/mol. The molecule has 30 heavy (non-hydrogen) atoms. The highest BCUT2D eigenvalue weighted by molar-refractivity contribution is 6.30. The number of halogens is 1. The Morgan fingerprint density at radius 3 is 2.63 bits per heavy atom. The lowest BCUT2D eigenvalue weighted by Gasteiger charge is -2.22. The number of pyridine rings is 1. The minimum Gasteiger partial charge on any atom is -0.494 e. The summed E-state index contributed by atoms with van der Waals surface area (Å²) in [5.74, 6) is 0.819. The molecule has 1 N–H and O–H groups in total. The summed E-state index contributed by atoms with van der Waals surface area (Å²) in [7, 11) is 0. The van der Waals surface area contributed by atoms with E-state index in [4.69, 9.17) is 16.3 Å². The van der Waals surface area contributed by atoms with Crippen molar-refractivity contribution in [2.45, 2.75) is 19.5 Å². The van der Waals surface area contributed by atoms with Gasteiger partial charge in [0.05, 0.1) is 18.3 Å². The maximum absolute atomic E-state index is 12.4. The van der Waals surface area contributed by atoms with E-state index in [-0.39, 0.29) is 11.6 Å². The fraction of sp³-hybridized carbons (Fsp3) is 0.167. The van der Waals surface area contributed by atoms with Crippen molar-refractivity contribution in [3.05, 3.63) is 111 Å². The van der Waals surface area contributed by atoms with E-state index in [1.807, 2.05) is 73.7 Å². The van der Waals surface area contributed by atoms with Gasteiger partial charge in [-0.15, -0.1) is 0 Å². The molecule has 4 rings (SSSR count). The molecule has 1 atom stereocenters. The van der Waals surface area contributed by atoms with Crippen molar-refractivity contribution in [1.29, 1.82) is 0 Å². The van der Waals surface area contributed by atoms with Crippen LogP contribution in [0.5, 0.6) is 5.75 Å². The van der Waals surface area contributed by atoms with Crippen molar-refractivity contribution in [2.75, 3.05) is 6.61 Å². The maximum atomic E-state index is 12.4. The molecule has 1 unspecified atom stereocenters. The normalized spacial score (nSPS) is 12.1. The van der Waals surface area contributed by atoms with E-state index < -0.39 is 0 Å². The number of aromatic nitrogens is 2. The highest BCUT2D eigenvalue weighted by Crippen LogP contribution is 2.31. The minimum atomic E-state index is -0.152. The largest absolute Gasteiger partial charge is 0.494 e. The summed E-state index contributed by atoms with van der Waals surface area (Å²) >= 11 is 6.10. The van der Waals surface area contributed by atoms with Gasteiger partial charge in [-0.25, -0.2) is 4.98 Å². The van der Waals surface area contributed by atoms with Gasteiger partial charge in [0, 0.05) is 29.4 Å². The Balaban J connectivity index is 1.69. The van der Waals surface area contributed by atoms with Crippen LogP contribution >= 0.6 is 11.6 Å². The van der Waals surface area contributed by atoms with Crippen LogP contribution in [0, 0.1) is 0 Å². The highest BCUT2D eigenvalue weighted by atomic mass is 35.5. The first-order valence-electron chi connectivity index (χ1n) is 9.83. The summed E-state index contributed by atoms with van der Waals surface area (Å²) in [5.41, 5.74) is 3.26. The summed E-state index contributed by atoms with van der Waals surface area (Å²) < 4.78 is 7.39. The zero-order valence-electron chi connectivity index (χ0n) is 16.6. The van der Waals surface area contributed by atoms with Gasteiger partial charge in [-0.05, 0) is 42.8 Å². The molecule has 0 saturated carbocycles. The summed E-state index contributed by atoms with van der Waals surface area (Å²) in [6.45, 7) is 2.97. The van der Waals surface area contributed by atoms with Gasteiger partial charge in [-0.2, -0.15) is 0 Å². The van der Waals surface area contributed by atoms with Crippen molar-refractivity contribution in [3.63, 3.8) is 0 Å². The van der Waals surface area contributed by atoms with Crippen LogP contribution in [-0.2, 0) is 6.54 Å². The van der Waals surface area contributed by atoms with Gasteiger partial charge in [0.1, 0.15) is 11.4 Å². The molecule has 0 aliphatic heterocycles. The second-order valence-electron chi connectivity index (χ2n) is 6.85. The Kier molecular flexibility index (Phi) is 6.12. The molecule has 0 aliphatic carbocycles. The predicted molar refractivity (Wildman–Crippen MR) is 119 cm³/mol. The monoisotopic (exact) mass is 419 g/mol. The first-order valence-corrected chi connectivity index (χ1v) is 10.2. The molecule has 0 amide bonds. The Morgan fingerprint density at radius 2 is 1.83 bits per heavy atom. The van der Waals surface area contributed by atoms with E-state index in [1.165, 1.54) is 4.40 Å². The maximum Gasteiger partial charge on any atom is 0.258 e. The molecule has 0 saturated heterocycles. The molecule has 0 aliphatic rings. The topological polar surface area (TPSA) is 55.6 Å². The zero-order valence-corrected chi connectivity index (χ0v) is 17.3. The lowest BCUT2D eigenvalue weighted by atomic mass is 9.97. The molecule has 152 valence electrons. The molecular formula is C24H22ClN3O2. The molecule has 2 heterocycles. The van der Waals surface area contributed by atoms with Crippen LogP contribution in [0.2, 0.25) is 5.02 Å². The molecule has 5 nitrogen and oxygen atoms in total. The first kappa shape index (κ1) is 20.1. The van der Waals surface area contributed by atoms with Crippen LogP contribution < -0.4 is 15.6 Å². The van der Waals surface area contributed by atoms with E-state index in [0.29, 0.717) is 29.5 Å². The van der Waals surface area contributed by atoms with Crippen molar-refractivity contribution >= 4 is 17.2 Å². The second-order valence-corrected chi connectivity index (χ2v) is 7.29. The van der Waals surface area contributed by atoms with Gasteiger partial charge in [0.2, 0.25) is 0 Å².